The second-order valence-electron chi connectivity index (χ2n) is 10.4. The van der Waals surface area contributed by atoms with Crippen molar-refractivity contribution in [1.82, 2.24) is 0 Å². The standard InChI is InChI=1S/C19H16O3S4.C14H6O4S4.CH2O/c1-5-22-19(21)14-16-12(7-9(3)24-16)26-18(14)17-13(10(4)20)15-11(25-17)6-8(2)23-15;15-13(16)7-9-5(1-3-19-9)21-11(7)12-8(14(17)18)10-6(22-12)2-4-20-10;1-2/h6-7H,5H2,1-4H3;1-4H,(H,15,16)(H,17,18);1H2. The maximum Gasteiger partial charge on any atom is 0.341 e. The van der Waals surface area contributed by atoms with Crippen LogP contribution < -0.4 is 0 Å². The van der Waals surface area contributed by atoms with Crippen molar-refractivity contribution >= 4 is 159 Å². The lowest BCUT2D eigenvalue weighted by atomic mass is 10.1. The van der Waals surface area contributed by atoms with Gasteiger partial charge in [-0.1, -0.05) is 0 Å². The van der Waals surface area contributed by atoms with Crippen molar-refractivity contribution in [2.24, 2.45) is 0 Å². The van der Waals surface area contributed by atoms with Crippen molar-refractivity contribution in [1.29, 1.82) is 0 Å². The lowest BCUT2D eigenvalue weighted by Crippen LogP contribution is -2.05. The van der Waals surface area contributed by atoms with Crippen LogP contribution >= 0.6 is 90.7 Å². The second-order valence-corrected chi connectivity index (χ2v) is 19.0. The zero-order chi connectivity index (χ0) is 36.0. The summed E-state index contributed by atoms with van der Waals surface area (Å²) < 4.78 is 12.7. The Hall–Kier alpha value is -3.61. The summed E-state index contributed by atoms with van der Waals surface area (Å²) in [4.78, 5) is 61.7. The van der Waals surface area contributed by atoms with Crippen molar-refractivity contribution in [2.45, 2.75) is 27.7 Å². The fourth-order valence-corrected chi connectivity index (χ4v) is 15.5. The molecule has 0 saturated carbocycles. The number of carboxylic acid groups (broad SMARTS) is 2. The molecule has 0 bridgehead atoms. The topological polar surface area (TPSA) is 135 Å². The quantitative estimate of drug-likeness (QED) is 0.120. The maximum absolute atomic E-state index is 12.7. The highest BCUT2D eigenvalue weighted by Gasteiger charge is 2.30. The summed E-state index contributed by atoms with van der Waals surface area (Å²) in [5.41, 5.74) is 1.77. The minimum absolute atomic E-state index is 0.0378. The first kappa shape index (κ1) is 36.2. The van der Waals surface area contributed by atoms with E-state index in [1.165, 1.54) is 50.2 Å². The number of thiophene rings is 8. The van der Waals surface area contributed by atoms with E-state index >= 15 is 0 Å². The largest absolute Gasteiger partial charge is 0.478 e. The summed E-state index contributed by atoms with van der Waals surface area (Å²) in [6.07, 6.45) is 0. The molecule has 0 atom stereocenters. The summed E-state index contributed by atoms with van der Waals surface area (Å²) in [7, 11) is 0. The lowest BCUT2D eigenvalue weighted by Gasteiger charge is -2.04. The number of Topliss-reactive ketones (excluding diaryl/α,β-unsaturated/α-hetero) is 1. The summed E-state index contributed by atoms with van der Waals surface area (Å²) >= 11 is 11.8. The van der Waals surface area contributed by atoms with Gasteiger partial charge in [0.1, 0.15) is 6.79 Å². The number of carbonyl (C=O) groups is 5. The van der Waals surface area contributed by atoms with Crippen LogP contribution in [0.25, 0.3) is 57.1 Å². The zero-order valence-electron chi connectivity index (χ0n) is 26.5. The van der Waals surface area contributed by atoms with Gasteiger partial charge in [0.15, 0.2) is 5.78 Å². The highest BCUT2D eigenvalue weighted by molar-refractivity contribution is 7.35. The van der Waals surface area contributed by atoms with Gasteiger partial charge >= 0.3 is 17.9 Å². The first-order chi connectivity index (χ1) is 24.0. The van der Waals surface area contributed by atoms with E-state index in [0.717, 1.165) is 48.4 Å². The summed E-state index contributed by atoms with van der Waals surface area (Å²) in [5.74, 6) is -2.30. The first-order valence-electron chi connectivity index (χ1n) is 14.5. The molecule has 256 valence electrons. The number of fused-ring (bicyclic) bond motifs is 4. The Morgan fingerprint density at radius 3 is 1.44 bits per heavy atom. The summed E-state index contributed by atoms with van der Waals surface area (Å²) in [6, 6.07) is 7.96. The number of aryl methyl sites for hydroxylation is 2. The van der Waals surface area contributed by atoms with Crippen molar-refractivity contribution < 1.29 is 38.9 Å². The van der Waals surface area contributed by atoms with Gasteiger partial charge in [-0.25, -0.2) is 14.4 Å². The van der Waals surface area contributed by atoms with Gasteiger partial charge in [0.05, 0.1) is 67.2 Å². The number of hydrogen-bond acceptors (Lipinski definition) is 14. The van der Waals surface area contributed by atoms with Crippen LogP contribution in [-0.4, -0.2) is 47.3 Å². The number of carbonyl (C=O) groups excluding carboxylic acids is 3. The van der Waals surface area contributed by atoms with Crippen LogP contribution in [0, 0.1) is 13.8 Å². The van der Waals surface area contributed by atoms with E-state index in [-0.39, 0.29) is 22.9 Å². The minimum Gasteiger partial charge on any atom is -0.478 e. The summed E-state index contributed by atoms with van der Waals surface area (Å²) in [5, 5.41) is 22.8. The second kappa shape index (κ2) is 14.6. The van der Waals surface area contributed by atoms with Gasteiger partial charge in [0.2, 0.25) is 0 Å². The molecular weight excluding hydrogens is 793 g/mol. The smallest absolute Gasteiger partial charge is 0.341 e. The van der Waals surface area contributed by atoms with E-state index in [1.54, 1.807) is 52.3 Å². The van der Waals surface area contributed by atoms with E-state index in [2.05, 4.69) is 19.1 Å². The zero-order valence-corrected chi connectivity index (χ0v) is 33.0. The SMILES string of the molecule is C=O.CCOC(=O)c1c(-c2sc3cc(C)sc3c2C(C)=O)sc2cc(C)sc12.O=C(O)c1c(-c2sc3ccsc3c2C(=O)O)sc2ccsc12. The van der Waals surface area contributed by atoms with Crippen LogP contribution in [0.15, 0.2) is 35.0 Å². The molecule has 0 aliphatic rings. The predicted octanol–water partition coefficient (Wildman–Crippen LogP) is 12.0. The van der Waals surface area contributed by atoms with Gasteiger partial charge < -0.3 is 19.7 Å². The fraction of sp³-hybridized carbons (Fsp3) is 0.147. The maximum atomic E-state index is 12.7. The molecule has 8 heterocycles. The van der Waals surface area contributed by atoms with Crippen LogP contribution in [-0.2, 0) is 9.53 Å². The van der Waals surface area contributed by atoms with E-state index in [9.17, 15) is 29.4 Å². The third kappa shape index (κ3) is 6.28. The Balaban J connectivity index is 0.000000167. The van der Waals surface area contributed by atoms with Crippen LogP contribution in [0.2, 0.25) is 0 Å². The number of carboxylic acids is 2. The predicted molar refractivity (Wildman–Crippen MR) is 213 cm³/mol. The number of hydrogen-bond donors (Lipinski definition) is 2. The van der Waals surface area contributed by atoms with Gasteiger partial charge in [-0.3, -0.25) is 4.79 Å². The first-order valence-corrected chi connectivity index (χ1v) is 21.1. The van der Waals surface area contributed by atoms with E-state index in [4.69, 9.17) is 9.53 Å². The summed E-state index contributed by atoms with van der Waals surface area (Å²) in [6.45, 7) is 9.83. The Bertz CT molecular complexity index is 2510. The average molecular weight is 817 g/mol. The molecule has 2 N–H and O–H groups in total. The van der Waals surface area contributed by atoms with Crippen molar-refractivity contribution in [3.63, 3.8) is 0 Å². The number of esters is 1. The lowest BCUT2D eigenvalue weighted by molar-refractivity contribution is -0.0980. The van der Waals surface area contributed by atoms with Crippen LogP contribution in [0.3, 0.4) is 0 Å². The molecule has 0 unspecified atom stereocenters. The van der Waals surface area contributed by atoms with Gasteiger partial charge in [0.25, 0.3) is 0 Å². The molecule has 8 rings (SSSR count). The molecule has 0 aromatic carbocycles. The molecule has 0 fully saturated rings. The van der Waals surface area contributed by atoms with Crippen molar-refractivity contribution in [3.8, 4) is 19.5 Å². The molecule has 0 radical (unpaired) electrons. The third-order valence-electron chi connectivity index (χ3n) is 7.24. The molecule has 0 aliphatic heterocycles. The Labute approximate surface area is 316 Å². The Morgan fingerprint density at radius 2 is 1.02 bits per heavy atom. The van der Waals surface area contributed by atoms with Crippen LogP contribution in [0.4, 0.5) is 0 Å². The van der Waals surface area contributed by atoms with E-state index < -0.39 is 11.9 Å². The molecular formula is C34H24O8S8. The van der Waals surface area contributed by atoms with Crippen molar-refractivity contribution in [2.75, 3.05) is 6.61 Å². The highest BCUT2D eigenvalue weighted by atomic mass is 32.1. The monoisotopic (exact) mass is 816 g/mol. The average Bonchev–Trinajstić information content (AvgIpc) is 3.88. The van der Waals surface area contributed by atoms with Gasteiger partial charge in [-0.2, -0.15) is 0 Å². The van der Waals surface area contributed by atoms with Crippen molar-refractivity contribution in [3.05, 3.63) is 67.0 Å². The minimum atomic E-state index is -1.02. The molecule has 16 heteroatoms. The Morgan fingerprint density at radius 1 is 0.620 bits per heavy atom. The van der Waals surface area contributed by atoms with E-state index in [0.29, 0.717) is 31.3 Å². The van der Waals surface area contributed by atoms with Gasteiger partial charge in [-0.15, -0.1) is 90.7 Å². The van der Waals surface area contributed by atoms with Crippen LogP contribution in [0.5, 0.6) is 0 Å². The highest BCUT2D eigenvalue weighted by Crippen LogP contribution is 2.51. The molecule has 0 aliphatic carbocycles. The molecule has 50 heavy (non-hydrogen) atoms. The fourth-order valence-electron chi connectivity index (χ4n) is 5.39. The Kier molecular flexibility index (Phi) is 10.5. The molecule has 8 aromatic heterocycles. The molecule has 0 saturated heterocycles. The van der Waals surface area contributed by atoms with Crippen LogP contribution in [0.1, 0.15) is 65.0 Å². The number of rotatable bonds is 7. The number of aromatic carboxylic acids is 2. The molecule has 8 nitrogen and oxygen atoms in total. The number of ether oxygens (including phenoxy) is 1. The van der Waals surface area contributed by atoms with Gasteiger partial charge in [-0.05, 0) is 62.7 Å². The van der Waals surface area contributed by atoms with E-state index in [1.807, 2.05) is 43.5 Å². The van der Waals surface area contributed by atoms with Gasteiger partial charge in [0, 0.05) is 28.6 Å². The number of ketones is 1. The molecule has 8 aromatic rings. The molecule has 0 spiro atoms. The molecule has 0 amide bonds. The third-order valence-corrected chi connectivity index (χ3v) is 16.7. The normalized spacial score (nSPS) is 11.1.